The maximum Gasteiger partial charge on any atom is 0.246 e. The molecule has 1 unspecified atom stereocenters. The lowest BCUT2D eigenvalue weighted by Gasteiger charge is -2.35. The molecule has 20 heavy (non-hydrogen) atoms. The molecule has 0 radical (unpaired) electrons. The van der Waals surface area contributed by atoms with E-state index in [2.05, 4.69) is 5.32 Å². The fraction of sp³-hybridized carbons (Fsp3) is 0.857. The van der Waals surface area contributed by atoms with E-state index in [0.29, 0.717) is 18.3 Å². The topological polar surface area (TPSA) is 52.7 Å². The Kier molecular flexibility index (Phi) is 5.72. The Morgan fingerprint density at radius 2 is 2.00 bits per heavy atom. The SMILES string of the molecule is CCCC(=O)N1CSCC1C(=O)N1CCC(NC)CC1. The van der Waals surface area contributed by atoms with Crippen molar-refractivity contribution in [3.63, 3.8) is 0 Å². The van der Waals surface area contributed by atoms with Gasteiger partial charge in [0.25, 0.3) is 0 Å². The molecule has 0 aromatic carbocycles. The van der Waals surface area contributed by atoms with Crippen molar-refractivity contribution in [2.45, 2.75) is 44.7 Å². The van der Waals surface area contributed by atoms with Crippen LogP contribution in [0.5, 0.6) is 0 Å². The fourth-order valence-electron chi connectivity index (χ4n) is 2.85. The third-order valence-electron chi connectivity index (χ3n) is 4.17. The number of carbonyl (C=O) groups is 2. The summed E-state index contributed by atoms with van der Waals surface area (Å²) in [5, 5.41) is 3.27. The van der Waals surface area contributed by atoms with Gasteiger partial charge in [0, 0.05) is 31.3 Å². The Balaban J connectivity index is 1.92. The number of hydrogen-bond donors (Lipinski definition) is 1. The van der Waals surface area contributed by atoms with Crippen molar-refractivity contribution >= 4 is 23.6 Å². The highest BCUT2D eigenvalue weighted by Gasteiger charge is 2.37. The molecule has 114 valence electrons. The third-order valence-corrected chi connectivity index (χ3v) is 5.18. The summed E-state index contributed by atoms with van der Waals surface area (Å²) in [4.78, 5) is 28.4. The van der Waals surface area contributed by atoms with E-state index in [-0.39, 0.29) is 17.9 Å². The summed E-state index contributed by atoms with van der Waals surface area (Å²) >= 11 is 1.69. The van der Waals surface area contributed by atoms with Crippen molar-refractivity contribution in [1.29, 1.82) is 0 Å². The molecule has 1 N–H and O–H groups in total. The molecule has 0 aromatic rings. The number of nitrogens with zero attached hydrogens (tertiary/aromatic N) is 2. The monoisotopic (exact) mass is 299 g/mol. The molecule has 2 rings (SSSR count). The highest BCUT2D eigenvalue weighted by molar-refractivity contribution is 7.99. The van der Waals surface area contributed by atoms with Gasteiger partial charge in [0.1, 0.15) is 6.04 Å². The van der Waals surface area contributed by atoms with E-state index in [0.717, 1.165) is 38.1 Å². The molecule has 0 aliphatic carbocycles. The lowest BCUT2D eigenvalue weighted by Crippen LogP contribution is -2.52. The molecule has 0 bridgehead atoms. The third kappa shape index (κ3) is 3.47. The van der Waals surface area contributed by atoms with Crippen molar-refractivity contribution in [3.8, 4) is 0 Å². The van der Waals surface area contributed by atoms with Gasteiger partial charge in [-0.1, -0.05) is 6.92 Å². The Bertz CT molecular complexity index is 356. The molecule has 2 heterocycles. The van der Waals surface area contributed by atoms with Crippen LogP contribution in [0.2, 0.25) is 0 Å². The number of carbonyl (C=O) groups excluding carboxylic acids is 2. The van der Waals surface area contributed by atoms with Crippen molar-refractivity contribution in [1.82, 2.24) is 15.1 Å². The summed E-state index contributed by atoms with van der Waals surface area (Å²) in [5.74, 6) is 1.69. The second kappa shape index (κ2) is 7.31. The standard InChI is InChI=1S/C14H25N3O2S/c1-3-4-13(18)17-10-20-9-12(17)14(19)16-7-5-11(15-2)6-8-16/h11-12,15H,3-10H2,1-2H3. The molecular weight excluding hydrogens is 274 g/mol. The van der Waals surface area contributed by atoms with Gasteiger partial charge in [-0.05, 0) is 26.3 Å². The summed E-state index contributed by atoms with van der Waals surface area (Å²) in [6.07, 6.45) is 3.40. The van der Waals surface area contributed by atoms with Crippen molar-refractivity contribution in [2.24, 2.45) is 0 Å². The molecule has 2 amide bonds. The van der Waals surface area contributed by atoms with Gasteiger partial charge in [-0.15, -0.1) is 11.8 Å². The predicted molar refractivity (Wildman–Crippen MR) is 81.5 cm³/mol. The second-order valence-corrected chi connectivity index (χ2v) is 6.52. The van der Waals surface area contributed by atoms with Crippen LogP contribution in [0.1, 0.15) is 32.6 Å². The van der Waals surface area contributed by atoms with Gasteiger partial charge in [-0.2, -0.15) is 0 Å². The van der Waals surface area contributed by atoms with Gasteiger partial charge < -0.3 is 15.1 Å². The molecule has 2 fully saturated rings. The maximum absolute atomic E-state index is 12.6. The Hall–Kier alpha value is -0.750. The number of hydrogen-bond acceptors (Lipinski definition) is 4. The van der Waals surface area contributed by atoms with Gasteiger partial charge in [0.15, 0.2) is 0 Å². The second-order valence-electron chi connectivity index (χ2n) is 5.52. The van der Waals surface area contributed by atoms with E-state index in [4.69, 9.17) is 0 Å². The first-order valence-corrected chi connectivity index (χ1v) is 8.66. The summed E-state index contributed by atoms with van der Waals surface area (Å²) in [5.41, 5.74) is 0. The number of amides is 2. The molecule has 2 aliphatic heterocycles. The Morgan fingerprint density at radius 1 is 1.30 bits per heavy atom. The lowest BCUT2D eigenvalue weighted by molar-refractivity contribution is -0.144. The zero-order valence-electron chi connectivity index (χ0n) is 12.4. The molecule has 0 aromatic heterocycles. The minimum Gasteiger partial charge on any atom is -0.341 e. The number of likely N-dealkylation sites (tertiary alicyclic amines) is 1. The van der Waals surface area contributed by atoms with Crippen LogP contribution >= 0.6 is 11.8 Å². The van der Waals surface area contributed by atoms with Crippen LogP contribution in [0.3, 0.4) is 0 Å². The number of thioether (sulfide) groups is 1. The first-order valence-electron chi connectivity index (χ1n) is 7.50. The van der Waals surface area contributed by atoms with Gasteiger partial charge in [0.05, 0.1) is 5.88 Å². The molecule has 1 atom stereocenters. The van der Waals surface area contributed by atoms with E-state index in [1.54, 1.807) is 16.7 Å². The number of nitrogens with one attached hydrogen (secondary N) is 1. The van der Waals surface area contributed by atoms with Crippen LogP contribution in [0.4, 0.5) is 0 Å². The maximum atomic E-state index is 12.6. The largest absolute Gasteiger partial charge is 0.341 e. The quantitative estimate of drug-likeness (QED) is 0.838. The van der Waals surface area contributed by atoms with Gasteiger partial charge in [-0.3, -0.25) is 9.59 Å². The minimum atomic E-state index is -0.231. The van der Waals surface area contributed by atoms with E-state index in [9.17, 15) is 9.59 Å². The summed E-state index contributed by atoms with van der Waals surface area (Å²) < 4.78 is 0. The molecule has 0 spiro atoms. The summed E-state index contributed by atoms with van der Waals surface area (Å²) in [6, 6.07) is 0.292. The highest BCUT2D eigenvalue weighted by atomic mass is 32.2. The van der Waals surface area contributed by atoms with Crippen LogP contribution < -0.4 is 5.32 Å². The molecule has 0 saturated carbocycles. The summed E-state index contributed by atoms with van der Waals surface area (Å²) in [7, 11) is 1.97. The smallest absolute Gasteiger partial charge is 0.246 e. The van der Waals surface area contributed by atoms with Crippen molar-refractivity contribution in [2.75, 3.05) is 31.8 Å². The molecular formula is C14H25N3O2S. The Labute approximate surface area is 125 Å². The van der Waals surface area contributed by atoms with Crippen LogP contribution in [0, 0.1) is 0 Å². The van der Waals surface area contributed by atoms with Crippen LogP contribution in [0.15, 0.2) is 0 Å². The molecule has 6 heteroatoms. The van der Waals surface area contributed by atoms with E-state index < -0.39 is 0 Å². The zero-order chi connectivity index (χ0) is 14.5. The van der Waals surface area contributed by atoms with Crippen LogP contribution in [-0.4, -0.2) is 65.5 Å². The van der Waals surface area contributed by atoms with Gasteiger partial charge in [0.2, 0.25) is 11.8 Å². The predicted octanol–water partition coefficient (Wildman–Crippen LogP) is 0.898. The van der Waals surface area contributed by atoms with Crippen molar-refractivity contribution in [3.05, 3.63) is 0 Å². The Morgan fingerprint density at radius 3 is 2.60 bits per heavy atom. The normalized spacial score (nSPS) is 24.2. The fourth-order valence-corrected chi connectivity index (χ4v) is 4.02. The number of rotatable bonds is 4. The van der Waals surface area contributed by atoms with E-state index >= 15 is 0 Å². The summed E-state index contributed by atoms with van der Waals surface area (Å²) in [6.45, 7) is 3.61. The molecule has 2 aliphatic rings. The van der Waals surface area contributed by atoms with Gasteiger partial charge >= 0.3 is 0 Å². The minimum absolute atomic E-state index is 0.126. The van der Waals surface area contributed by atoms with E-state index in [1.807, 2.05) is 18.9 Å². The van der Waals surface area contributed by atoms with E-state index in [1.165, 1.54) is 0 Å². The average Bonchev–Trinajstić information content (AvgIpc) is 2.96. The average molecular weight is 299 g/mol. The first kappa shape index (κ1) is 15.6. The van der Waals surface area contributed by atoms with Gasteiger partial charge in [-0.25, -0.2) is 0 Å². The zero-order valence-corrected chi connectivity index (χ0v) is 13.2. The van der Waals surface area contributed by atoms with Crippen LogP contribution in [0.25, 0.3) is 0 Å². The highest BCUT2D eigenvalue weighted by Crippen LogP contribution is 2.24. The molecule has 5 nitrogen and oxygen atoms in total. The van der Waals surface area contributed by atoms with Crippen LogP contribution in [-0.2, 0) is 9.59 Å². The molecule has 2 saturated heterocycles. The number of piperidine rings is 1. The first-order chi connectivity index (χ1) is 9.67. The lowest BCUT2D eigenvalue weighted by atomic mass is 10.0. The van der Waals surface area contributed by atoms with Crippen molar-refractivity contribution < 1.29 is 9.59 Å².